The van der Waals surface area contributed by atoms with Crippen LogP contribution < -0.4 is 9.88 Å². The molecule has 1 aromatic heterocycles. The first kappa shape index (κ1) is 27.5. The molecule has 2 aromatic carbocycles. The van der Waals surface area contributed by atoms with Crippen molar-refractivity contribution in [3.05, 3.63) is 81.3 Å². The molecule has 192 valence electrons. The van der Waals surface area contributed by atoms with Gasteiger partial charge in [0.05, 0.1) is 13.7 Å². The molecule has 0 fully saturated rings. The lowest BCUT2D eigenvalue weighted by molar-refractivity contribution is -0.141. The topological polar surface area (TPSA) is 140 Å². The van der Waals surface area contributed by atoms with Crippen LogP contribution in [0.15, 0.2) is 54.6 Å². The number of sulfonamides is 1. The highest BCUT2D eigenvalue weighted by Gasteiger charge is 2.26. The molecule has 0 saturated carbocycles. The molecule has 9 nitrogen and oxygen atoms in total. The largest absolute Gasteiger partial charge is 0.497 e. The Morgan fingerprint density at radius 1 is 1.14 bits per heavy atom. The summed E-state index contributed by atoms with van der Waals surface area (Å²) in [5.74, 6) is -1.43. The number of nitrogens with zero attached hydrogens (tertiary/aromatic N) is 2. The summed E-state index contributed by atoms with van der Waals surface area (Å²) in [4.78, 5) is 32.0. The number of aryl methyl sites for hydroxylation is 2. The highest BCUT2D eigenvalue weighted by Crippen LogP contribution is 2.24. The van der Waals surface area contributed by atoms with E-state index in [9.17, 15) is 23.1 Å². The van der Waals surface area contributed by atoms with Crippen LogP contribution >= 0.6 is 11.3 Å². The fraction of sp³-hybridized carbons (Fsp3) is 0.320. The maximum atomic E-state index is 13.3. The van der Waals surface area contributed by atoms with Gasteiger partial charge in [0.1, 0.15) is 22.2 Å². The second kappa shape index (κ2) is 12.2. The number of aliphatic hydroxyl groups excluding tert-OH is 1. The van der Waals surface area contributed by atoms with Gasteiger partial charge in [0.25, 0.3) is 5.91 Å². The molecule has 3 rings (SSSR count). The number of amides is 1. The number of primary sulfonamides is 1. The number of carbonyl (C=O) groups is 2. The number of rotatable bonds is 12. The monoisotopic (exact) mass is 531 g/mol. The van der Waals surface area contributed by atoms with Gasteiger partial charge in [-0.25, -0.2) is 18.5 Å². The Labute approximate surface area is 214 Å². The molecule has 0 spiro atoms. The minimum atomic E-state index is -3.99. The minimum Gasteiger partial charge on any atom is -0.497 e. The number of ether oxygens (including phenoxy) is 1. The summed E-state index contributed by atoms with van der Waals surface area (Å²) >= 11 is 1.20. The van der Waals surface area contributed by atoms with Crippen LogP contribution in [0.5, 0.6) is 5.75 Å². The second-order valence-electron chi connectivity index (χ2n) is 8.27. The van der Waals surface area contributed by atoms with Crippen molar-refractivity contribution in [1.82, 2.24) is 9.88 Å². The molecule has 0 radical (unpaired) electrons. The number of aliphatic hydroxyl groups is 1. The SMILES string of the molecule is COc1ccc(C(O)C(=O)N(CCCc2ccccc2)Cc2nc(C(=O)CS(N)(=O)=O)c(C)s2)cc1. The molecule has 1 amide bonds. The van der Waals surface area contributed by atoms with Crippen LogP contribution in [0.25, 0.3) is 0 Å². The Bertz CT molecular complexity index is 1290. The Morgan fingerprint density at radius 3 is 2.42 bits per heavy atom. The fourth-order valence-corrected chi connectivity index (χ4v) is 5.15. The third-order valence-corrected chi connectivity index (χ3v) is 7.10. The first-order valence-corrected chi connectivity index (χ1v) is 13.8. The number of benzene rings is 2. The van der Waals surface area contributed by atoms with Gasteiger partial charge in [0.2, 0.25) is 10.0 Å². The van der Waals surface area contributed by atoms with Gasteiger partial charge >= 0.3 is 0 Å². The molecule has 36 heavy (non-hydrogen) atoms. The summed E-state index contributed by atoms with van der Waals surface area (Å²) in [6.07, 6.45) is -0.0117. The van der Waals surface area contributed by atoms with E-state index < -0.39 is 33.6 Å². The van der Waals surface area contributed by atoms with Crippen molar-refractivity contribution in [2.45, 2.75) is 32.4 Å². The lowest BCUT2D eigenvalue weighted by Crippen LogP contribution is -2.35. The number of hydrogen-bond donors (Lipinski definition) is 2. The first-order valence-electron chi connectivity index (χ1n) is 11.2. The van der Waals surface area contributed by atoms with Crippen molar-refractivity contribution in [2.75, 3.05) is 19.4 Å². The van der Waals surface area contributed by atoms with Crippen LogP contribution in [0.3, 0.4) is 0 Å². The maximum absolute atomic E-state index is 13.3. The standard InChI is InChI=1S/C25H29N3O6S2/c1-17-23(21(29)16-36(26,32)33)27-22(35-17)15-28(14-6-9-18-7-4-3-5-8-18)25(31)24(30)19-10-12-20(34-2)13-11-19/h3-5,7-8,10-13,24,30H,6,9,14-16H2,1-2H3,(H2,26,32,33). The smallest absolute Gasteiger partial charge is 0.256 e. The van der Waals surface area contributed by atoms with E-state index in [0.29, 0.717) is 34.2 Å². The quantitative estimate of drug-likeness (QED) is 0.342. The fourth-order valence-electron chi connectivity index (χ4n) is 3.68. The van der Waals surface area contributed by atoms with E-state index in [4.69, 9.17) is 9.88 Å². The lowest BCUT2D eigenvalue weighted by Gasteiger charge is -2.25. The van der Waals surface area contributed by atoms with Gasteiger partial charge in [-0.05, 0) is 43.0 Å². The van der Waals surface area contributed by atoms with Crippen LogP contribution in [0.4, 0.5) is 0 Å². The number of Topliss-reactive ketones (excluding diaryl/α,β-unsaturated/α-hetero) is 1. The predicted octanol–water partition coefficient (Wildman–Crippen LogP) is 2.63. The van der Waals surface area contributed by atoms with Crippen LogP contribution in [-0.4, -0.2) is 54.5 Å². The van der Waals surface area contributed by atoms with Gasteiger partial charge < -0.3 is 14.7 Å². The maximum Gasteiger partial charge on any atom is 0.256 e. The third kappa shape index (κ3) is 7.69. The summed E-state index contributed by atoms with van der Waals surface area (Å²) in [6, 6.07) is 16.4. The van der Waals surface area contributed by atoms with E-state index in [2.05, 4.69) is 4.98 Å². The van der Waals surface area contributed by atoms with Gasteiger partial charge in [-0.3, -0.25) is 9.59 Å². The molecule has 0 aliphatic rings. The number of carbonyl (C=O) groups excluding carboxylic acids is 2. The van der Waals surface area contributed by atoms with E-state index in [1.54, 1.807) is 31.2 Å². The zero-order valence-electron chi connectivity index (χ0n) is 20.1. The third-order valence-electron chi connectivity index (χ3n) is 5.48. The molecule has 1 unspecified atom stereocenters. The van der Waals surface area contributed by atoms with E-state index in [1.165, 1.54) is 23.3 Å². The number of methoxy groups -OCH3 is 1. The van der Waals surface area contributed by atoms with Crippen molar-refractivity contribution < 1.29 is 27.9 Å². The van der Waals surface area contributed by atoms with Crippen LogP contribution in [-0.2, 0) is 27.8 Å². The van der Waals surface area contributed by atoms with E-state index in [-0.39, 0.29) is 12.2 Å². The van der Waals surface area contributed by atoms with Crippen molar-refractivity contribution in [3.8, 4) is 5.75 Å². The van der Waals surface area contributed by atoms with Crippen molar-refractivity contribution in [1.29, 1.82) is 0 Å². The number of nitrogens with two attached hydrogens (primary N) is 1. The Morgan fingerprint density at radius 2 is 1.81 bits per heavy atom. The predicted molar refractivity (Wildman–Crippen MR) is 137 cm³/mol. The number of thiazole rings is 1. The molecule has 0 aliphatic carbocycles. The molecule has 3 N–H and O–H groups in total. The average molecular weight is 532 g/mol. The van der Waals surface area contributed by atoms with Crippen LogP contribution in [0.1, 0.15) is 44.0 Å². The number of ketones is 1. The van der Waals surface area contributed by atoms with Gasteiger partial charge in [0, 0.05) is 11.4 Å². The molecule has 11 heteroatoms. The van der Waals surface area contributed by atoms with E-state index >= 15 is 0 Å². The van der Waals surface area contributed by atoms with Crippen molar-refractivity contribution >= 4 is 33.1 Å². The molecule has 1 atom stereocenters. The molecule has 1 heterocycles. The zero-order chi connectivity index (χ0) is 26.3. The zero-order valence-corrected chi connectivity index (χ0v) is 21.7. The van der Waals surface area contributed by atoms with Gasteiger partial charge in [-0.15, -0.1) is 11.3 Å². The Hall–Kier alpha value is -3.12. The van der Waals surface area contributed by atoms with Crippen molar-refractivity contribution in [3.63, 3.8) is 0 Å². The van der Waals surface area contributed by atoms with Gasteiger partial charge in [0.15, 0.2) is 11.9 Å². The normalized spacial score (nSPS) is 12.2. The average Bonchev–Trinajstić information content (AvgIpc) is 3.22. The first-order chi connectivity index (χ1) is 17.1. The van der Waals surface area contributed by atoms with Gasteiger partial charge in [-0.1, -0.05) is 42.5 Å². The van der Waals surface area contributed by atoms with Gasteiger partial charge in [-0.2, -0.15) is 0 Å². The van der Waals surface area contributed by atoms with E-state index in [0.717, 1.165) is 12.0 Å². The summed E-state index contributed by atoms with van der Waals surface area (Å²) in [7, 11) is -2.46. The van der Waals surface area contributed by atoms with Crippen LogP contribution in [0, 0.1) is 6.92 Å². The number of hydrogen-bond acceptors (Lipinski definition) is 8. The van der Waals surface area contributed by atoms with Crippen molar-refractivity contribution in [2.24, 2.45) is 5.14 Å². The highest BCUT2D eigenvalue weighted by molar-refractivity contribution is 7.89. The molecular weight excluding hydrogens is 502 g/mol. The molecule has 3 aromatic rings. The summed E-state index contributed by atoms with van der Waals surface area (Å²) in [5, 5.41) is 16.3. The lowest BCUT2D eigenvalue weighted by atomic mass is 10.1. The number of aromatic nitrogens is 1. The molecule has 0 saturated heterocycles. The highest BCUT2D eigenvalue weighted by atomic mass is 32.2. The minimum absolute atomic E-state index is 0.0245. The summed E-state index contributed by atoms with van der Waals surface area (Å²) in [5.41, 5.74) is 1.58. The molecule has 0 aliphatic heterocycles. The Kier molecular flexibility index (Phi) is 9.32. The second-order valence-corrected chi connectivity index (χ2v) is 11.2. The molecular formula is C25H29N3O6S2. The molecule has 0 bridgehead atoms. The summed E-state index contributed by atoms with van der Waals surface area (Å²) < 4.78 is 27.8. The Balaban J connectivity index is 1.79. The van der Waals surface area contributed by atoms with E-state index in [1.807, 2.05) is 30.3 Å². The van der Waals surface area contributed by atoms with Crippen LogP contribution in [0.2, 0.25) is 0 Å². The summed E-state index contributed by atoms with van der Waals surface area (Å²) in [6.45, 7) is 2.07.